The first-order valence-corrected chi connectivity index (χ1v) is 5.36. The van der Waals surface area contributed by atoms with Gasteiger partial charge >= 0.3 is 11.9 Å². The molecule has 0 spiro atoms. The van der Waals surface area contributed by atoms with Crippen molar-refractivity contribution in [3.8, 4) is 0 Å². The third kappa shape index (κ3) is 4.01. The van der Waals surface area contributed by atoms with E-state index < -0.39 is 18.0 Å². The molecule has 0 N–H and O–H groups in total. The van der Waals surface area contributed by atoms with Gasteiger partial charge in [-0.1, -0.05) is 30.3 Å². The van der Waals surface area contributed by atoms with Crippen molar-refractivity contribution in [2.45, 2.75) is 19.4 Å². The standard InChI is InChI=1S/C13H14O5/c1-9(14)8-11(15)18-12(13(16)17-2)10-6-4-3-5-7-10/h3-7,12H,8H2,1-2H3/t12-/m0/s1. The van der Waals surface area contributed by atoms with Crippen molar-refractivity contribution in [3.63, 3.8) is 0 Å². The maximum Gasteiger partial charge on any atom is 0.351 e. The molecule has 0 aliphatic rings. The van der Waals surface area contributed by atoms with Gasteiger partial charge in [-0.05, 0) is 6.92 Å². The largest absolute Gasteiger partial charge is 0.466 e. The molecule has 0 aliphatic heterocycles. The molecule has 1 aromatic carbocycles. The van der Waals surface area contributed by atoms with Crippen LogP contribution in [0.5, 0.6) is 0 Å². The summed E-state index contributed by atoms with van der Waals surface area (Å²) in [4.78, 5) is 33.8. The summed E-state index contributed by atoms with van der Waals surface area (Å²) in [5.41, 5.74) is 0.501. The fraction of sp³-hybridized carbons (Fsp3) is 0.308. The van der Waals surface area contributed by atoms with Crippen LogP contribution < -0.4 is 0 Å². The van der Waals surface area contributed by atoms with E-state index in [1.165, 1.54) is 14.0 Å². The zero-order valence-corrected chi connectivity index (χ0v) is 10.2. The van der Waals surface area contributed by atoms with Crippen LogP contribution >= 0.6 is 0 Å². The number of ketones is 1. The molecule has 0 fully saturated rings. The van der Waals surface area contributed by atoms with E-state index in [4.69, 9.17) is 4.74 Å². The molecule has 1 rings (SSSR count). The molecule has 0 aromatic heterocycles. The Bertz CT molecular complexity index is 438. The Hall–Kier alpha value is -2.17. The third-order valence-corrected chi connectivity index (χ3v) is 2.16. The van der Waals surface area contributed by atoms with Gasteiger partial charge in [-0.15, -0.1) is 0 Å². The molecule has 0 amide bonds. The number of benzene rings is 1. The highest BCUT2D eigenvalue weighted by atomic mass is 16.6. The fourth-order valence-corrected chi connectivity index (χ4v) is 1.36. The lowest BCUT2D eigenvalue weighted by atomic mass is 10.1. The lowest BCUT2D eigenvalue weighted by Gasteiger charge is -2.15. The quantitative estimate of drug-likeness (QED) is 0.584. The van der Waals surface area contributed by atoms with Crippen LogP contribution in [-0.4, -0.2) is 24.8 Å². The van der Waals surface area contributed by atoms with Crippen LogP contribution in [0.15, 0.2) is 30.3 Å². The number of hydrogen-bond donors (Lipinski definition) is 0. The van der Waals surface area contributed by atoms with Crippen molar-refractivity contribution in [2.24, 2.45) is 0 Å². The van der Waals surface area contributed by atoms with E-state index in [1.54, 1.807) is 30.3 Å². The van der Waals surface area contributed by atoms with Crippen LogP contribution in [0.1, 0.15) is 25.0 Å². The second-order valence-electron chi connectivity index (χ2n) is 3.68. The van der Waals surface area contributed by atoms with E-state index >= 15 is 0 Å². The number of hydrogen-bond acceptors (Lipinski definition) is 5. The van der Waals surface area contributed by atoms with Crippen LogP contribution in [0, 0.1) is 0 Å². The molecule has 96 valence electrons. The minimum absolute atomic E-state index is 0.323. The normalized spacial score (nSPS) is 11.4. The van der Waals surface area contributed by atoms with E-state index in [9.17, 15) is 14.4 Å². The molecule has 0 unspecified atom stereocenters. The molecule has 5 heteroatoms. The predicted molar refractivity (Wildman–Crippen MR) is 62.6 cm³/mol. The maximum absolute atomic E-state index is 11.5. The molecule has 0 aliphatic carbocycles. The number of Topliss-reactive ketones (excluding diaryl/α,β-unsaturated/α-hetero) is 1. The Morgan fingerprint density at radius 3 is 2.28 bits per heavy atom. The third-order valence-electron chi connectivity index (χ3n) is 2.16. The zero-order chi connectivity index (χ0) is 13.5. The van der Waals surface area contributed by atoms with Gasteiger partial charge in [0.1, 0.15) is 12.2 Å². The van der Waals surface area contributed by atoms with Crippen molar-refractivity contribution in [3.05, 3.63) is 35.9 Å². The summed E-state index contributed by atoms with van der Waals surface area (Å²) < 4.78 is 9.54. The summed E-state index contributed by atoms with van der Waals surface area (Å²) in [5.74, 6) is -1.75. The van der Waals surface area contributed by atoms with Gasteiger partial charge in [0.2, 0.25) is 6.10 Å². The Morgan fingerprint density at radius 1 is 1.17 bits per heavy atom. The van der Waals surface area contributed by atoms with Crippen molar-refractivity contribution >= 4 is 17.7 Å². The van der Waals surface area contributed by atoms with Crippen molar-refractivity contribution in [2.75, 3.05) is 7.11 Å². The van der Waals surface area contributed by atoms with Gasteiger partial charge in [-0.3, -0.25) is 9.59 Å². The van der Waals surface area contributed by atoms with Gasteiger partial charge < -0.3 is 9.47 Å². The topological polar surface area (TPSA) is 69.7 Å². The molecule has 0 saturated heterocycles. The van der Waals surface area contributed by atoms with Crippen LogP contribution in [0.3, 0.4) is 0 Å². The molecule has 5 nitrogen and oxygen atoms in total. The number of ether oxygens (including phenoxy) is 2. The Kier molecular flexibility index (Phi) is 5.05. The number of carbonyl (C=O) groups excluding carboxylic acids is 3. The van der Waals surface area contributed by atoms with Crippen molar-refractivity contribution in [1.29, 1.82) is 0 Å². The SMILES string of the molecule is COC(=O)[C@@H](OC(=O)CC(C)=O)c1ccccc1. The summed E-state index contributed by atoms with van der Waals surface area (Å²) in [7, 11) is 1.21. The first-order valence-electron chi connectivity index (χ1n) is 5.36. The van der Waals surface area contributed by atoms with Gasteiger partial charge in [0.25, 0.3) is 0 Å². The molecule has 1 atom stereocenters. The second-order valence-corrected chi connectivity index (χ2v) is 3.68. The van der Waals surface area contributed by atoms with Gasteiger partial charge in [-0.2, -0.15) is 0 Å². The minimum atomic E-state index is -1.14. The average Bonchev–Trinajstić information content (AvgIpc) is 2.35. The Balaban J connectivity index is 2.84. The molecule has 0 radical (unpaired) electrons. The van der Waals surface area contributed by atoms with Crippen LogP contribution in [0.4, 0.5) is 0 Å². The van der Waals surface area contributed by atoms with Crippen molar-refractivity contribution in [1.82, 2.24) is 0 Å². The number of methoxy groups -OCH3 is 1. The fourth-order valence-electron chi connectivity index (χ4n) is 1.36. The summed E-state index contributed by atoms with van der Waals surface area (Å²) in [6.45, 7) is 1.27. The number of carbonyl (C=O) groups is 3. The maximum atomic E-state index is 11.5. The first kappa shape index (κ1) is 13.9. The lowest BCUT2D eigenvalue weighted by Crippen LogP contribution is -2.22. The molecule has 0 saturated carbocycles. The molecular weight excluding hydrogens is 236 g/mol. The smallest absolute Gasteiger partial charge is 0.351 e. The number of esters is 2. The summed E-state index contributed by atoms with van der Waals surface area (Å²) >= 11 is 0. The monoisotopic (exact) mass is 250 g/mol. The molecule has 18 heavy (non-hydrogen) atoms. The highest BCUT2D eigenvalue weighted by molar-refractivity contribution is 5.95. The molecular formula is C13H14O5. The van der Waals surface area contributed by atoms with Gasteiger partial charge in [0, 0.05) is 5.56 Å². The van der Waals surface area contributed by atoms with E-state index in [-0.39, 0.29) is 12.2 Å². The lowest BCUT2D eigenvalue weighted by molar-refractivity contribution is -0.167. The summed E-state index contributed by atoms with van der Waals surface area (Å²) in [5, 5.41) is 0. The van der Waals surface area contributed by atoms with Gasteiger partial charge in [-0.25, -0.2) is 4.79 Å². The van der Waals surface area contributed by atoms with Crippen LogP contribution in [0.25, 0.3) is 0 Å². The van der Waals surface area contributed by atoms with E-state index in [0.29, 0.717) is 5.56 Å². The Labute approximate surface area is 105 Å². The van der Waals surface area contributed by atoms with Crippen molar-refractivity contribution < 1.29 is 23.9 Å². The van der Waals surface area contributed by atoms with Crippen LogP contribution in [-0.2, 0) is 23.9 Å². The zero-order valence-electron chi connectivity index (χ0n) is 10.2. The Morgan fingerprint density at radius 2 is 1.78 bits per heavy atom. The summed E-state index contributed by atoms with van der Waals surface area (Å²) in [6, 6.07) is 8.48. The summed E-state index contributed by atoms with van der Waals surface area (Å²) in [6.07, 6.45) is -1.50. The average molecular weight is 250 g/mol. The highest BCUT2D eigenvalue weighted by Gasteiger charge is 2.25. The van der Waals surface area contributed by atoms with Gasteiger partial charge in [0.15, 0.2) is 0 Å². The highest BCUT2D eigenvalue weighted by Crippen LogP contribution is 2.19. The molecule has 1 aromatic rings. The van der Waals surface area contributed by atoms with E-state index in [0.717, 1.165) is 0 Å². The first-order chi connectivity index (χ1) is 8.54. The number of rotatable bonds is 5. The van der Waals surface area contributed by atoms with E-state index in [2.05, 4.69) is 4.74 Å². The van der Waals surface area contributed by atoms with Gasteiger partial charge in [0.05, 0.1) is 7.11 Å². The minimum Gasteiger partial charge on any atom is -0.466 e. The second kappa shape index (κ2) is 6.54. The van der Waals surface area contributed by atoms with E-state index in [1.807, 2.05) is 0 Å². The molecule has 0 heterocycles. The molecule has 0 bridgehead atoms. The van der Waals surface area contributed by atoms with Crippen LogP contribution in [0.2, 0.25) is 0 Å². The predicted octanol–water partition coefficient (Wildman–Crippen LogP) is 1.42.